The highest BCUT2D eigenvalue weighted by molar-refractivity contribution is 8.27. The van der Waals surface area contributed by atoms with E-state index in [9.17, 15) is 9.90 Å². The lowest BCUT2D eigenvalue weighted by Gasteiger charge is -2.14. The molecule has 2 aromatic carbocycles. The standard InChI is InChI=1S/C18H11N3O2S2/c22-13-5-2-4-12(10-13)21-17(23)15(25-18(21)24)9-11-3-1-6-14-16(11)20-8-7-19-14/h1-10,22H/b15-9-. The highest BCUT2D eigenvalue weighted by Crippen LogP contribution is 2.37. The molecule has 7 heteroatoms. The maximum absolute atomic E-state index is 12.8. The fourth-order valence-electron chi connectivity index (χ4n) is 2.60. The molecule has 0 bridgehead atoms. The van der Waals surface area contributed by atoms with Gasteiger partial charge in [-0.05, 0) is 24.3 Å². The van der Waals surface area contributed by atoms with Crippen molar-refractivity contribution in [1.82, 2.24) is 9.97 Å². The average Bonchev–Trinajstić information content (AvgIpc) is 2.89. The van der Waals surface area contributed by atoms with Gasteiger partial charge in [0, 0.05) is 24.0 Å². The number of hydrogen-bond donors (Lipinski definition) is 1. The summed E-state index contributed by atoms with van der Waals surface area (Å²) in [6.07, 6.45) is 5.03. The molecule has 0 radical (unpaired) electrons. The molecule has 2 heterocycles. The van der Waals surface area contributed by atoms with Crippen molar-refractivity contribution in [2.45, 2.75) is 0 Å². The van der Waals surface area contributed by atoms with Gasteiger partial charge in [-0.1, -0.05) is 42.2 Å². The Morgan fingerprint density at radius 1 is 1.12 bits per heavy atom. The maximum Gasteiger partial charge on any atom is 0.270 e. The van der Waals surface area contributed by atoms with E-state index >= 15 is 0 Å². The monoisotopic (exact) mass is 365 g/mol. The van der Waals surface area contributed by atoms with Gasteiger partial charge >= 0.3 is 0 Å². The van der Waals surface area contributed by atoms with Gasteiger partial charge in [0.2, 0.25) is 0 Å². The van der Waals surface area contributed by atoms with E-state index in [1.54, 1.807) is 36.7 Å². The second kappa shape index (κ2) is 6.27. The Bertz CT molecular complexity index is 1040. The number of fused-ring (bicyclic) bond motifs is 1. The smallest absolute Gasteiger partial charge is 0.270 e. The number of thioether (sulfide) groups is 1. The maximum atomic E-state index is 12.8. The summed E-state index contributed by atoms with van der Waals surface area (Å²) in [4.78, 5) is 23.3. The van der Waals surface area contributed by atoms with Gasteiger partial charge in [0.05, 0.1) is 21.6 Å². The topological polar surface area (TPSA) is 66.3 Å². The number of rotatable bonds is 2. The number of para-hydroxylation sites is 1. The number of amides is 1. The van der Waals surface area contributed by atoms with Gasteiger partial charge in [-0.15, -0.1) is 0 Å². The van der Waals surface area contributed by atoms with E-state index in [-0.39, 0.29) is 11.7 Å². The number of hydrogen-bond acceptors (Lipinski definition) is 6. The van der Waals surface area contributed by atoms with Gasteiger partial charge in [0.15, 0.2) is 4.32 Å². The molecule has 1 N–H and O–H groups in total. The van der Waals surface area contributed by atoms with Crippen molar-refractivity contribution in [3.05, 3.63) is 65.3 Å². The summed E-state index contributed by atoms with van der Waals surface area (Å²) < 4.78 is 0.424. The Balaban J connectivity index is 1.75. The lowest BCUT2D eigenvalue weighted by atomic mass is 10.1. The Labute approximate surface area is 153 Å². The summed E-state index contributed by atoms with van der Waals surface area (Å²) in [5.74, 6) is -0.138. The molecule has 1 aliphatic heterocycles. The van der Waals surface area contributed by atoms with Gasteiger partial charge in [0.1, 0.15) is 5.75 Å². The van der Waals surface area contributed by atoms with Crippen LogP contribution in [0.3, 0.4) is 0 Å². The van der Waals surface area contributed by atoms with Crippen molar-refractivity contribution < 1.29 is 9.90 Å². The van der Waals surface area contributed by atoms with Gasteiger partial charge in [0.25, 0.3) is 5.91 Å². The van der Waals surface area contributed by atoms with E-state index in [2.05, 4.69) is 9.97 Å². The molecule has 25 heavy (non-hydrogen) atoms. The van der Waals surface area contributed by atoms with E-state index in [0.29, 0.717) is 14.9 Å². The van der Waals surface area contributed by atoms with Crippen LogP contribution in [0, 0.1) is 0 Å². The first-order valence-electron chi connectivity index (χ1n) is 7.40. The van der Waals surface area contributed by atoms with Crippen molar-refractivity contribution in [3.8, 4) is 5.75 Å². The minimum absolute atomic E-state index is 0.0832. The van der Waals surface area contributed by atoms with Crippen LogP contribution in [-0.2, 0) is 4.79 Å². The zero-order valence-electron chi connectivity index (χ0n) is 12.8. The minimum Gasteiger partial charge on any atom is -0.508 e. The van der Waals surface area contributed by atoms with Crippen molar-refractivity contribution in [2.75, 3.05) is 4.90 Å². The highest BCUT2D eigenvalue weighted by atomic mass is 32.2. The third kappa shape index (κ3) is 2.88. The molecule has 0 unspecified atom stereocenters. The summed E-state index contributed by atoms with van der Waals surface area (Å²) in [6, 6.07) is 12.1. The molecular formula is C18H11N3O2S2. The molecule has 0 atom stereocenters. The molecule has 1 aromatic heterocycles. The third-order valence-corrected chi connectivity index (χ3v) is 5.00. The minimum atomic E-state index is -0.221. The Morgan fingerprint density at radius 2 is 1.92 bits per heavy atom. The summed E-state index contributed by atoms with van der Waals surface area (Å²) in [5, 5.41) is 9.65. The van der Waals surface area contributed by atoms with Crippen molar-refractivity contribution in [2.24, 2.45) is 0 Å². The molecule has 5 nitrogen and oxygen atoms in total. The number of anilines is 1. The number of nitrogens with zero attached hydrogens (tertiary/aromatic N) is 3. The van der Waals surface area contributed by atoms with Gasteiger partial charge in [-0.3, -0.25) is 19.7 Å². The van der Waals surface area contributed by atoms with E-state index in [0.717, 1.165) is 16.6 Å². The molecule has 1 aliphatic rings. The van der Waals surface area contributed by atoms with Crippen LogP contribution in [-0.4, -0.2) is 25.3 Å². The molecule has 1 amide bonds. The number of phenols is 1. The molecule has 4 rings (SSSR count). The number of carbonyl (C=O) groups excluding carboxylic acids is 1. The van der Waals surface area contributed by atoms with Crippen LogP contribution in [0.4, 0.5) is 5.69 Å². The first-order valence-corrected chi connectivity index (χ1v) is 8.63. The number of aromatic nitrogens is 2. The molecule has 1 fully saturated rings. The van der Waals surface area contributed by atoms with Crippen LogP contribution < -0.4 is 4.90 Å². The lowest BCUT2D eigenvalue weighted by Crippen LogP contribution is -2.27. The average molecular weight is 365 g/mol. The van der Waals surface area contributed by atoms with Crippen molar-refractivity contribution >= 4 is 57.0 Å². The summed E-state index contributed by atoms with van der Waals surface area (Å²) in [7, 11) is 0. The van der Waals surface area contributed by atoms with Crippen LogP contribution in [0.1, 0.15) is 5.56 Å². The summed E-state index contributed by atoms with van der Waals surface area (Å²) >= 11 is 6.57. The van der Waals surface area contributed by atoms with Crippen molar-refractivity contribution in [1.29, 1.82) is 0 Å². The summed E-state index contributed by atoms with van der Waals surface area (Å²) in [5.41, 5.74) is 2.85. The first kappa shape index (κ1) is 15.7. The molecule has 122 valence electrons. The Kier molecular flexibility index (Phi) is 3.95. The molecule has 0 saturated carbocycles. The van der Waals surface area contributed by atoms with Gasteiger partial charge in [-0.25, -0.2) is 0 Å². The number of phenolic OH excluding ortho intramolecular Hbond substituents is 1. The Morgan fingerprint density at radius 3 is 2.76 bits per heavy atom. The molecule has 0 aliphatic carbocycles. The van der Waals surface area contributed by atoms with E-state index < -0.39 is 0 Å². The first-order chi connectivity index (χ1) is 12.1. The van der Waals surface area contributed by atoms with Crippen molar-refractivity contribution in [3.63, 3.8) is 0 Å². The molecule has 3 aromatic rings. The highest BCUT2D eigenvalue weighted by Gasteiger charge is 2.33. The number of thiocarbonyl (C=S) groups is 1. The molecule has 0 spiro atoms. The fourth-order valence-corrected chi connectivity index (χ4v) is 3.89. The van der Waals surface area contributed by atoms with E-state index in [4.69, 9.17) is 12.2 Å². The number of benzene rings is 2. The van der Waals surface area contributed by atoms with Crippen LogP contribution >= 0.6 is 24.0 Å². The van der Waals surface area contributed by atoms with Crippen LogP contribution in [0.2, 0.25) is 0 Å². The Hall–Kier alpha value is -2.77. The normalized spacial score (nSPS) is 16.2. The predicted octanol–water partition coefficient (Wildman–Crippen LogP) is 3.74. The summed E-state index contributed by atoms with van der Waals surface area (Å²) in [6.45, 7) is 0. The van der Waals surface area contributed by atoms with E-state index in [1.807, 2.05) is 18.2 Å². The second-order valence-corrected chi connectivity index (χ2v) is 6.98. The lowest BCUT2D eigenvalue weighted by molar-refractivity contribution is -0.113. The second-order valence-electron chi connectivity index (χ2n) is 5.31. The van der Waals surface area contributed by atoms with Crippen LogP contribution in [0.25, 0.3) is 17.1 Å². The molecule has 1 saturated heterocycles. The quantitative estimate of drug-likeness (QED) is 0.551. The number of carbonyl (C=O) groups is 1. The van der Waals surface area contributed by atoms with Gasteiger partial charge in [-0.2, -0.15) is 0 Å². The molecular weight excluding hydrogens is 354 g/mol. The predicted molar refractivity (Wildman–Crippen MR) is 103 cm³/mol. The number of aromatic hydroxyl groups is 1. The third-order valence-electron chi connectivity index (χ3n) is 3.70. The van der Waals surface area contributed by atoms with Gasteiger partial charge < -0.3 is 5.11 Å². The largest absolute Gasteiger partial charge is 0.508 e. The van der Waals surface area contributed by atoms with Crippen LogP contribution in [0.15, 0.2) is 59.8 Å². The van der Waals surface area contributed by atoms with Crippen LogP contribution in [0.5, 0.6) is 5.75 Å². The fraction of sp³-hybridized carbons (Fsp3) is 0. The van der Waals surface area contributed by atoms with E-state index in [1.165, 1.54) is 22.7 Å². The zero-order chi connectivity index (χ0) is 17.4. The zero-order valence-corrected chi connectivity index (χ0v) is 14.4. The SMILES string of the molecule is O=C1/C(=C/c2cccc3nccnc23)SC(=S)N1c1cccc(O)c1.